The van der Waals surface area contributed by atoms with E-state index in [0.717, 1.165) is 4.57 Å². The maximum atomic E-state index is 11.3. The van der Waals surface area contributed by atoms with Gasteiger partial charge in [-0.15, -0.1) is 0 Å². The quantitative estimate of drug-likeness (QED) is 0.612. The highest BCUT2D eigenvalue weighted by atomic mass is 32.1. The van der Waals surface area contributed by atoms with Crippen molar-refractivity contribution in [2.75, 3.05) is 0 Å². The van der Waals surface area contributed by atoms with Gasteiger partial charge in [0.15, 0.2) is 0 Å². The highest BCUT2D eigenvalue weighted by Crippen LogP contribution is 2.06. The minimum absolute atomic E-state index is 0.210. The lowest BCUT2D eigenvalue weighted by Gasteiger charge is -2.02. The van der Waals surface area contributed by atoms with E-state index in [1.165, 1.54) is 0 Å². The Kier molecular flexibility index (Phi) is 2.45. The van der Waals surface area contributed by atoms with Gasteiger partial charge in [-0.1, -0.05) is 24.4 Å². The van der Waals surface area contributed by atoms with Gasteiger partial charge in [0.2, 0.25) is 0 Å². The largest absolute Gasteiger partial charge is 0.389 e. The molecular formula is C9H8N4O2S. The highest BCUT2D eigenvalue weighted by Gasteiger charge is 2.06. The summed E-state index contributed by atoms with van der Waals surface area (Å²) >= 11 is 4.81. The number of nitrogens with one attached hydrogen (secondary N) is 2. The van der Waals surface area contributed by atoms with Crippen LogP contribution in [0, 0.1) is 0 Å². The van der Waals surface area contributed by atoms with Gasteiger partial charge in [-0.25, -0.2) is 24.4 Å². The van der Waals surface area contributed by atoms with E-state index in [-0.39, 0.29) is 4.99 Å². The molecule has 0 spiro atoms. The van der Waals surface area contributed by atoms with Gasteiger partial charge in [-0.2, -0.15) is 0 Å². The molecule has 4 N–H and O–H groups in total. The van der Waals surface area contributed by atoms with Crippen molar-refractivity contribution < 1.29 is 0 Å². The zero-order valence-corrected chi connectivity index (χ0v) is 8.88. The third-order valence-corrected chi connectivity index (χ3v) is 2.31. The number of hydrogen-bond donors (Lipinski definition) is 3. The Labute approximate surface area is 94.7 Å². The van der Waals surface area contributed by atoms with E-state index < -0.39 is 11.4 Å². The van der Waals surface area contributed by atoms with E-state index in [2.05, 4.69) is 10.2 Å². The van der Waals surface area contributed by atoms with Crippen molar-refractivity contribution in [3.63, 3.8) is 0 Å². The Morgan fingerprint density at radius 3 is 2.44 bits per heavy atom. The summed E-state index contributed by atoms with van der Waals surface area (Å²) < 4.78 is 0.960. The average molecular weight is 236 g/mol. The van der Waals surface area contributed by atoms with Crippen LogP contribution >= 0.6 is 12.2 Å². The van der Waals surface area contributed by atoms with Crippen LogP contribution in [0.3, 0.4) is 0 Å². The van der Waals surface area contributed by atoms with Gasteiger partial charge < -0.3 is 5.73 Å². The molecule has 0 aliphatic rings. The number of aromatic nitrogens is 3. The van der Waals surface area contributed by atoms with Crippen molar-refractivity contribution in [1.29, 1.82) is 0 Å². The van der Waals surface area contributed by atoms with Crippen LogP contribution in [0.1, 0.15) is 5.56 Å². The summed E-state index contributed by atoms with van der Waals surface area (Å²) in [6, 6.07) is 6.57. The molecule has 0 bridgehead atoms. The smallest absolute Gasteiger partial charge is 0.348 e. The van der Waals surface area contributed by atoms with Crippen LogP contribution < -0.4 is 17.1 Å². The van der Waals surface area contributed by atoms with E-state index in [9.17, 15) is 9.59 Å². The van der Waals surface area contributed by atoms with Crippen LogP contribution in [0.15, 0.2) is 33.9 Å². The van der Waals surface area contributed by atoms with Crippen molar-refractivity contribution in [2.45, 2.75) is 0 Å². The van der Waals surface area contributed by atoms with Gasteiger partial charge in [0.05, 0.1) is 5.69 Å². The molecule has 2 aromatic rings. The predicted octanol–water partition coefficient (Wildman–Crippen LogP) is -0.512. The molecule has 0 fully saturated rings. The van der Waals surface area contributed by atoms with E-state index in [0.29, 0.717) is 11.3 Å². The molecule has 2 rings (SSSR count). The normalized spacial score (nSPS) is 10.2. The molecule has 0 radical (unpaired) electrons. The fourth-order valence-electron chi connectivity index (χ4n) is 1.34. The van der Waals surface area contributed by atoms with Crippen LogP contribution in [0.5, 0.6) is 0 Å². The summed E-state index contributed by atoms with van der Waals surface area (Å²) in [4.78, 5) is 22.9. The Morgan fingerprint density at radius 2 is 1.88 bits per heavy atom. The molecule has 82 valence electrons. The highest BCUT2D eigenvalue weighted by molar-refractivity contribution is 7.80. The Balaban J connectivity index is 2.66. The first kappa shape index (κ1) is 10.4. The number of hydrogen-bond acceptors (Lipinski definition) is 3. The van der Waals surface area contributed by atoms with E-state index in [4.69, 9.17) is 18.0 Å². The third-order valence-electron chi connectivity index (χ3n) is 2.07. The Hall–Kier alpha value is -2.15. The number of nitrogens with zero attached hydrogens (tertiary/aromatic N) is 1. The first-order chi connectivity index (χ1) is 7.59. The van der Waals surface area contributed by atoms with Gasteiger partial charge in [0, 0.05) is 5.56 Å². The lowest BCUT2D eigenvalue weighted by atomic mass is 10.2. The number of rotatable bonds is 2. The van der Waals surface area contributed by atoms with Gasteiger partial charge in [-0.05, 0) is 12.1 Å². The number of aromatic amines is 2. The summed E-state index contributed by atoms with van der Waals surface area (Å²) in [6.45, 7) is 0. The number of H-pyrrole nitrogens is 2. The molecule has 7 heteroatoms. The van der Waals surface area contributed by atoms with Crippen molar-refractivity contribution in [1.82, 2.24) is 14.8 Å². The maximum absolute atomic E-state index is 11.3. The third kappa shape index (κ3) is 1.68. The molecule has 0 saturated carbocycles. The minimum atomic E-state index is -0.537. The molecule has 16 heavy (non-hydrogen) atoms. The fourth-order valence-corrected chi connectivity index (χ4v) is 1.47. The van der Waals surface area contributed by atoms with Gasteiger partial charge in [0.1, 0.15) is 4.99 Å². The van der Waals surface area contributed by atoms with Crippen molar-refractivity contribution in [3.05, 3.63) is 50.8 Å². The van der Waals surface area contributed by atoms with Crippen molar-refractivity contribution in [3.8, 4) is 5.69 Å². The van der Waals surface area contributed by atoms with Crippen LogP contribution in [0.4, 0.5) is 0 Å². The zero-order chi connectivity index (χ0) is 11.7. The molecule has 0 amide bonds. The molecule has 1 heterocycles. The average Bonchev–Trinajstić information content (AvgIpc) is 2.59. The first-order valence-electron chi connectivity index (χ1n) is 4.39. The monoisotopic (exact) mass is 236 g/mol. The SMILES string of the molecule is NC(=S)c1cccc(-n2c(=O)[nH][nH]c2=O)c1. The number of nitrogens with two attached hydrogens (primary N) is 1. The second-order valence-corrected chi connectivity index (χ2v) is 3.55. The lowest BCUT2D eigenvalue weighted by Crippen LogP contribution is -2.25. The molecular weight excluding hydrogens is 228 g/mol. The summed E-state index contributed by atoms with van der Waals surface area (Å²) in [5.74, 6) is 0. The van der Waals surface area contributed by atoms with Gasteiger partial charge in [0.25, 0.3) is 0 Å². The lowest BCUT2D eigenvalue weighted by molar-refractivity contribution is 0.951. The minimum Gasteiger partial charge on any atom is -0.389 e. The summed E-state index contributed by atoms with van der Waals surface area (Å²) in [6.07, 6.45) is 0. The van der Waals surface area contributed by atoms with E-state index in [1.54, 1.807) is 24.3 Å². The fraction of sp³-hybridized carbons (Fsp3) is 0. The second kappa shape index (κ2) is 3.78. The van der Waals surface area contributed by atoms with Crippen molar-refractivity contribution >= 4 is 17.2 Å². The van der Waals surface area contributed by atoms with Crippen molar-refractivity contribution in [2.24, 2.45) is 5.73 Å². The predicted molar refractivity (Wildman–Crippen MR) is 62.9 cm³/mol. The summed E-state index contributed by atoms with van der Waals surface area (Å²) in [7, 11) is 0. The first-order valence-corrected chi connectivity index (χ1v) is 4.80. The second-order valence-electron chi connectivity index (χ2n) is 3.11. The summed E-state index contributed by atoms with van der Waals surface area (Å²) in [5, 5.41) is 4.38. The molecule has 1 aromatic heterocycles. The standard InChI is InChI=1S/C9H8N4O2S/c10-7(16)5-2-1-3-6(4-5)13-8(14)11-12-9(13)15/h1-4H,(H2,10,16)(H,11,14)(H,12,15). The molecule has 1 aromatic carbocycles. The van der Waals surface area contributed by atoms with E-state index in [1.807, 2.05) is 0 Å². The molecule has 0 atom stereocenters. The van der Waals surface area contributed by atoms with Gasteiger partial charge >= 0.3 is 11.4 Å². The molecule has 0 unspecified atom stereocenters. The molecule has 0 aliphatic carbocycles. The molecule has 6 nitrogen and oxygen atoms in total. The summed E-state index contributed by atoms with van der Waals surface area (Å²) in [5.41, 5.74) is 5.40. The van der Waals surface area contributed by atoms with E-state index >= 15 is 0 Å². The molecule has 0 saturated heterocycles. The topological polar surface area (TPSA) is 96.7 Å². The Morgan fingerprint density at radius 1 is 1.25 bits per heavy atom. The molecule has 0 aliphatic heterocycles. The maximum Gasteiger partial charge on any atom is 0.348 e. The van der Waals surface area contributed by atoms with Crippen LogP contribution in [-0.4, -0.2) is 19.8 Å². The Bertz CT molecular complexity index is 624. The number of thiocarbonyl (C=S) groups is 1. The van der Waals surface area contributed by atoms with Crippen LogP contribution in [0.25, 0.3) is 5.69 Å². The van der Waals surface area contributed by atoms with Gasteiger partial charge in [-0.3, -0.25) is 0 Å². The van der Waals surface area contributed by atoms with Crippen LogP contribution in [0.2, 0.25) is 0 Å². The number of benzene rings is 1. The zero-order valence-electron chi connectivity index (χ0n) is 8.06. The van der Waals surface area contributed by atoms with Crippen LogP contribution in [-0.2, 0) is 0 Å².